The van der Waals surface area contributed by atoms with Crippen molar-refractivity contribution in [2.45, 2.75) is 25.0 Å². The van der Waals surface area contributed by atoms with Crippen LogP contribution in [-0.2, 0) is 20.9 Å². The number of hydrogen-bond acceptors (Lipinski definition) is 5. The molecule has 1 atom stereocenters. The van der Waals surface area contributed by atoms with E-state index in [4.69, 9.17) is 14.7 Å². The summed E-state index contributed by atoms with van der Waals surface area (Å²) in [6.07, 6.45) is -0.971. The lowest BCUT2D eigenvalue weighted by molar-refractivity contribution is -0.147. The number of benzene rings is 3. The van der Waals surface area contributed by atoms with Crippen molar-refractivity contribution in [3.05, 3.63) is 95.6 Å². The number of carbonyl (C=O) groups is 2. The van der Waals surface area contributed by atoms with Crippen LogP contribution in [0.4, 0.5) is 4.79 Å². The number of hydrogen-bond donors (Lipinski definition) is 1. The van der Waals surface area contributed by atoms with Gasteiger partial charge in [-0.05, 0) is 27.8 Å². The molecular weight excluding hydrogens is 404 g/mol. The second-order valence-corrected chi connectivity index (χ2v) is 7.48. The quantitative estimate of drug-likeness (QED) is 0.560. The lowest BCUT2D eigenvalue weighted by atomic mass is 9.98. The van der Waals surface area contributed by atoms with Gasteiger partial charge in [0.25, 0.3) is 0 Å². The summed E-state index contributed by atoms with van der Waals surface area (Å²) in [7, 11) is 0. The fraction of sp³-hybridized carbons (Fsp3) is 0.192. The maximum atomic E-state index is 12.4. The van der Waals surface area contributed by atoms with E-state index in [0.717, 1.165) is 27.8 Å². The lowest BCUT2D eigenvalue weighted by Crippen LogP contribution is -2.42. The van der Waals surface area contributed by atoms with Crippen molar-refractivity contribution in [1.82, 2.24) is 5.32 Å². The van der Waals surface area contributed by atoms with Crippen LogP contribution in [-0.4, -0.2) is 24.7 Å². The molecule has 0 bridgehead atoms. The molecule has 0 saturated carbocycles. The summed E-state index contributed by atoms with van der Waals surface area (Å²) in [6.45, 7) is 0.187. The smallest absolute Gasteiger partial charge is 0.407 e. The third-order valence-electron chi connectivity index (χ3n) is 5.44. The minimum absolute atomic E-state index is 0.0635. The number of rotatable bonds is 7. The molecule has 3 aromatic rings. The molecule has 0 spiro atoms. The van der Waals surface area contributed by atoms with Crippen molar-refractivity contribution in [2.75, 3.05) is 6.61 Å². The predicted molar refractivity (Wildman–Crippen MR) is 118 cm³/mol. The van der Waals surface area contributed by atoms with Gasteiger partial charge in [-0.3, -0.25) is 0 Å². The fourth-order valence-corrected chi connectivity index (χ4v) is 3.90. The van der Waals surface area contributed by atoms with Crippen LogP contribution in [0.1, 0.15) is 29.0 Å². The number of carbonyl (C=O) groups excluding carboxylic acids is 2. The minimum atomic E-state index is -1.10. The van der Waals surface area contributed by atoms with Gasteiger partial charge in [0.2, 0.25) is 0 Å². The van der Waals surface area contributed by atoms with Crippen molar-refractivity contribution >= 4 is 12.1 Å². The first-order chi connectivity index (χ1) is 15.7. The molecule has 3 aromatic carbocycles. The SMILES string of the molecule is N#CCC(NC(=O)OCC1c2ccccc2-c2ccccc21)C(=O)OCc1ccccc1. The van der Waals surface area contributed by atoms with Crippen LogP contribution in [0.2, 0.25) is 0 Å². The van der Waals surface area contributed by atoms with E-state index in [1.165, 1.54) is 0 Å². The van der Waals surface area contributed by atoms with Gasteiger partial charge in [0.15, 0.2) is 0 Å². The van der Waals surface area contributed by atoms with Gasteiger partial charge >= 0.3 is 12.1 Å². The lowest BCUT2D eigenvalue weighted by Gasteiger charge is -2.17. The Labute approximate surface area is 186 Å². The Morgan fingerprint density at radius 2 is 1.47 bits per heavy atom. The molecule has 1 aliphatic carbocycles. The van der Waals surface area contributed by atoms with E-state index < -0.39 is 18.1 Å². The predicted octanol–water partition coefficient (Wildman–Crippen LogP) is 4.55. The zero-order valence-electron chi connectivity index (χ0n) is 17.4. The van der Waals surface area contributed by atoms with E-state index in [1.807, 2.05) is 72.8 Å². The van der Waals surface area contributed by atoms with Crippen molar-refractivity contribution in [3.8, 4) is 17.2 Å². The topological polar surface area (TPSA) is 88.4 Å². The number of amides is 1. The standard InChI is InChI=1S/C26H22N2O4/c27-15-14-24(25(29)31-16-18-8-2-1-3-9-18)28-26(30)32-17-23-21-12-6-4-10-19(21)20-11-5-7-13-22(20)23/h1-13,23-24H,14,16-17H2,(H,28,30). The van der Waals surface area contributed by atoms with E-state index in [0.29, 0.717) is 0 Å². The molecule has 1 unspecified atom stereocenters. The first-order valence-electron chi connectivity index (χ1n) is 10.4. The van der Waals surface area contributed by atoms with Gasteiger partial charge in [-0.15, -0.1) is 0 Å². The largest absolute Gasteiger partial charge is 0.459 e. The molecule has 1 amide bonds. The number of nitrogens with zero attached hydrogens (tertiary/aromatic N) is 1. The van der Waals surface area contributed by atoms with E-state index in [1.54, 1.807) is 0 Å². The Hall–Kier alpha value is -4.11. The Kier molecular flexibility index (Phi) is 6.47. The highest BCUT2D eigenvalue weighted by molar-refractivity contribution is 5.82. The summed E-state index contributed by atoms with van der Waals surface area (Å²) >= 11 is 0. The summed E-state index contributed by atoms with van der Waals surface area (Å²) in [4.78, 5) is 24.8. The molecule has 0 saturated heterocycles. The zero-order valence-corrected chi connectivity index (χ0v) is 17.4. The number of alkyl carbamates (subject to hydrolysis) is 1. The molecular formula is C26H22N2O4. The number of fused-ring (bicyclic) bond motifs is 3. The van der Waals surface area contributed by atoms with Crippen molar-refractivity contribution in [3.63, 3.8) is 0 Å². The summed E-state index contributed by atoms with van der Waals surface area (Å²) in [5.74, 6) is -0.767. The normalized spacial score (nSPS) is 12.7. The number of esters is 1. The molecule has 0 aliphatic heterocycles. The van der Waals surface area contributed by atoms with Crippen LogP contribution in [0.5, 0.6) is 0 Å². The minimum Gasteiger partial charge on any atom is -0.459 e. The van der Waals surface area contributed by atoms with Gasteiger partial charge in [-0.25, -0.2) is 9.59 Å². The van der Waals surface area contributed by atoms with E-state index in [2.05, 4.69) is 17.4 Å². The second kappa shape index (κ2) is 9.80. The first kappa shape index (κ1) is 21.1. The number of nitrogens with one attached hydrogen (secondary N) is 1. The molecule has 0 radical (unpaired) electrons. The third kappa shape index (κ3) is 4.62. The summed E-state index contributed by atoms with van der Waals surface area (Å²) < 4.78 is 10.7. The fourth-order valence-electron chi connectivity index (χ4n) is 3.90. The number of nitriles is 1. The third-order valence-corrected chi connectivity index (χ3v) is 5.44. The molecule has 6 nitrogen and oxygen atoms in total. The molecule has 0 heterocycles. The van der Waals surface area contributed by atoms with E-state index in [9.17, 15) is 9.59 Å². The summed E-state index contributed by atoms with van der Waals surface area (Å²) in [5, 5.41) is 11.5. The highest BCUT2D eigenvalue weighted by Crippen LogP contribution is 2.44. The molecule has 4 rings (SSSR count). The van der Waals surface area contributed by atoms with Crippen LogP contribution in [0.25, 0.3) is 11.1 Å². The van der Waals surface area contributed by atoms with Crippen molar-refractivity contribution in [2.24, 2.45) is 0 Å². The maximum absolute atomic E-state index is 12.4. The van der Waals surface area contributed by atoms with Crippen LogP contribution < -0.4 is 5.32 Å². The highest BCUT2D eigenvalue weighted by Gasteiger charge is 2.30. The van der Waals surface area contributed by atoms with Crippen molar-refractivity contribution in [1.29, 1.82) is 5.26 Å². The monoisotopic (exact) mass is 426 g/mol. The molecule has 32 heavy (non-hydrogen) atoms. The van der Waals surface area contributed by atoms with Gasteiger partial charge in [0.1, 0.15) is 19.3 Å². The van der Waals surface area contributed by atoms with Crippen LogP contribution >= 0.6 is 0 Å². The average Bonchev–Trinajstić information content (AvgIpc) is 3.15. The molecule has 1 aliphatic rings. The van der Waals surface area contributed by atoms with Crippen LogP contribution in [0, 0.1) is 11.3 Å². The molecule has 0 fully saturated rings. The molecule has 0 aromatic heterocycles. The average molecular weight is 426 g/mol. The Morgan fingerprint density at radius 1 is 0.875 bits per heavy atom. The van der Waals surface area contributed by atoms with Gasteiger partial charge in [-0.2, -0.15) is 5.26 Å². The zero-order chi connectivity index (χ0) is 22.3. The Morgan fingerprint density at radius 3 is 2.09 bits per heavy atom. The van der Waals surface area contributed by atoms with Gasteiger partial charge in [-0.1, -0.05) is 78.9 Å². The highest BCUT2D eigenvalue weighted by atomic mass is 16.6. The van der Waals surface area contributed by atoms with Gasteiger partial charge in [0, 0.05) is 5.92 Å². The molecule has 160 valence electrons. The Bertz CT molecular complexity index is 1110. The van der Waals surface area contributed by atoms with Gasteiger partial charge in [0.05, 0.1) is 12.5 Å². The first-order valence-corrected chi connectivity index (χ1v) is 10.4. The van der Waals surface area contributed by atoms with Crippen LogP contribution in [0.3, 0.4) is 0 Å². The molecule has 6 heteroatoms. The second-order valence-electron chi connectivity index (χ2n) is 7.48. The van der Waals surface area contributed by atoms with Crippen LogP contribution in [0.15, 0.2) is 78.9 Å². The summed E-state index contributed by atoms with van der Waals surface area (Å²) in [5.41, 5.74) is 5.26. The molecule has 1 N–H and O–H groups in total. The van der Waals surface area contributed by atoms with Gasteiger partial charge < -0.3 is 14.8 Å². The summed E-state index contributed by atoms with van der Waals surface area (Å²) in [6, 6.07) is 26.1. The van der Waals surface area contributed by atoms with E-state index >= 15 is 0 Å². The van der Waals surface area contributed by atoms with Crippen molar-refractivity contribution < 1.29 is 19.1 Å². The number of ether oxygens (including phenoxy) is 2. The maximum Gasteiger partial charge on any atom is 0.407 e. The Balaban J connectivity index is 1.37. The van der Waals surface area contributed by atoms with E-state index in [-0.39, 0.29) is 25.6 Å².